The van der Waals surface area contributed by atoms with Crippen molar-refractivity contribution in [3.05, 3.63) is 35.0 Å². The van der Waals surface area contributed by atoms with E-state index < -0.39 is 0 Å². The number of amides is 1. The van der Waals surface area contributed by atoms with Gasteiger partial charge in [-0.3, -0.25) is 9.89 Å². The number of nitrogens with one attached hydrogen (secondary N) is 1. The Bertz CT molecular complexity index is 619. The first-order valence-corrected chi connectivity index (χ1v) is 6.48. The summed E-state index contributed by atoms with van der Waals surface area (Å²) in [6, 6.07) is 1.48. The highest BCUT2D eigenvalue weighted by atomic mass is 16.5. The minimum Gasteiger partial charge on any atom is -0.377 e. The Hall–Kier alpha value is -2.15. The van der Waals surface area contributed by atoms with Crippen molar-refractivity contribution in [2.24, 2.45) is 0 Å². The maximum absolute atomic E-state index is 12.5. The maximum atomic E-state index is 12.5. The van der Waals surface area contributed by atoms with Crippen LogP contribution in [0, 0.1) is 13.8 Å². The number of hydrogen-bond acceptors (Lipinski definition) is 5. The van der Waals surface area contributed by atoms with Gasteiger partial charge in [-0.15, -0.1) is 0 Å². The third-order valence-electron chi connectivity index (χ3n) is 3.44. The smallest absolute Gasteiger partial charge is 0.276 e. The Morgan fingerprint density at radius 1 is 1.50 bits per heavy atom. The minimum atomic E-state index is -0.171. The van der Waals surface area contributed by atoms with Crippen LogP contribution in [0.25, 0.3) is 0 Å². The molecule has 1 unspecified atom stereocenters. The molecule has 0 saturated carbocycles. The summed E-state index contributed by atoms with van der Waals surface area (Å²) in [5, 5.41) is 10.8. The zero-order valence-electron chi connectivity index (χ0n) is 11.4. The second-order valence-corrected chi connectivity index (χ2v) is 4.88. The van der Waals surface area contributed by atoms with E-state index in [4.69, 9.17) is 9.26 Å². The molecule has 0 aliphatic carbocycles. The average Bonchev–Trinajstić information content (AvgIpc) is 3.07. The number of nitrogens with zero attached hydrogens (tertiary/aromatic N) is 3. The molecule has 1 aliphatic heterocycles. The van der Waals surface area contributed by atoms with E-state index >= 15 is 0 Å². The van der Waals surface area contributed by atoms with Crippen molar-refractivity contribution in [1.29, 1.82) is 0 Å². The average molecular weight is 276 g/mol. The van der Waals surface area contributed by atoms with E-state index in [0.717, 1.165) is 11.3 Å². The first-order valence-electron chi connectivity index (χ1n) is 6.48. The molecular weight excluding hydrogens is 260 g/mol. The third kappa shape index (κ3) is 2.20. The van der Waals surface area contributed by atoms with Gasteiger partial charge in [-0.05, 0) is 19.4 Å². The first-order chi connectivity index (χ1) is 9.66. The predicted molar refractivity (Wildman–Crippen MR) is 69.2 cm³/mol. The fraction of sp³-hybridized carbons (Fsp3) is 0.462. The molecule has 3 rings (SSSR count). The molecule has 1 amide bonds. The van der Waals surface area contributed by atoms with Gasteiger partial charge in [0.1, 0.15) is 5.76 Å². The molecule has 0 bridgehead atoms. The quantitative estimate of drug-likeness (QED) is 0.891. The van der Waals surface area contributed by atoms with Crippen LogP contribution >= 0.6 is 0 Å². The Balaban J connectivity index is 1.89. The molecule has 106 valence electrons. The molecule has 3 heterocycles. The monoisotopic (exact) mass is 276 g/mol. The van der Waals surface area contributed by atoms with E-state index in [9.17, 15) is 4.79 Å². The highest BCUT2D eigenvalue weighted by Crippen LogP contribution is 2.26. The van der Waals surface area contributed by atoms with Crippen molar-refractivity contribution in [2.45, 2.75) is 19.9 Å². The first kappa shape index (κ1) is 12.9. The van der Waals surface area contributed by atoms with Crippen LogP contribution in [-0.4, -0.2) is 45.9 Å². The lowest BCUT2D eigenvalue weighted by molar-refractivity contribution is -0.00457. The van der Waals surface area contributed by atoms with E-state index in [1.807, 2.05) is 6.92 Å². The number of aromatic amines is 1. The molecule has 1 aliphatic rings. The zero-order valence-corrected chi connectivity index (χ0v) is 11.4. The number of carbonyl (C=O) groups is 1. The molecule has 1 saturated heterocycles. The summed E-state index contributed by atoms with van der Waals surface area (Å²) >= 11 is 0. The number of morpholine rings is 1. The number of H-pyrrole nitrogens is 1. The van der Waals surface area contributed by atoms with Crippen molar-refractivity contribution in [3.63, 3.8) is 0 Å². The van der Waals surface area contributed by atoms with Crippen LogP contribution in [-0.2, 0) is 4.74 Å². The van der Waals surface area contributed by atoms with Crippen LogP contribution in [0.15, 0.2) is 16.8 Å². The Morgan fingerprint density at radius 2 is 2.35 bits per heavy atom. The highest BCUT2D eigenvalue weighted by Gasteiger charge is 2.32. The number of ether oxygens (including phenoxy) is 1. The van der Waals surface area contributed by atoms with Crippen LogP contribution in [0.1, 0.15) is 33.5 Å². The van der Waals surface area contributed by atoms with Crippen LogP contribution in [0.2, 0.25) is 0 Å². The van der Waals surface area contributed by atoms with E-state index in [0.29, 0.717) is 31.2 Å². The van der Waals surface area contributed by atoms with Crippen LogP contribution in [0.3, 0.4) is 0 Å². The summed E-state index contributed by atoms with van der Waals surface area (Å²) in [4.78, 5) is 14.3. The Labute approximate surface area is 115 Å². The largest absolute Gasteiger partial charge is 0.377 e. The molecule has 0 spiro atoms. The molecule has 0 radical (unpaired) electrons. The summed E-state index contributed by atoms with van der Waals surface area (Å²) < 4.78 is 10.5. The molecule has 2 aromatic heterocycles. The molecular formula is C13H16N4O3. The van der Waals surface area contributed by atoms with Crippen molar-refractivity contribution in [2.75, 3.05) is 19.8 Å². The molecule has 2 aromatic rings. The van der Waals surface area contributed by atoms with Crippen molar-refractivity contribution in [3.8, 4) is 0 Å². The second-order valence-electron chi connectivity index (χ2n) is 4.88. The van der Waals surface area contributed by atoms with E-state index in [1.165, 1.54) is 0 Å². The van der Waals surface area contributed by atoms with Crippen LogP contribution < -0.4 is 0 Å². The number of carbonyl (C=O) groups excluding carboxylic acids is 1. The maximum Gasteiger partial charge on any atom is 0.276 e. The van der Waals surface area contributed by atoms with Gasteiger partial charge < -0.3 is 14.2 Å². The molecule has 1 atom stereocenters. The Kier molecular flexibility index (Phi) is 3.27. The topological polar surface area (TPSA) is 84.2 Å². The molecule has 1 N–H and O–H groups in total. The number of rotatable bonds is 2. The number of hydrogen-bond donors (Lipinski definition) is 1. The predicted octanol–water partition coefficient (Wildman–Crippen LogP) is 1.23. The van der Waals surface area contributed by atoms with Gasteiger partial charge in [-0.25, -0.2) is 0 Å². The lowest BCUT2D eigenvalue weighted by Crippen LogP contribution is -2.44. The van der Waals surface area contributed by atoms with Gasteiger partial charge in [0.05, 0.1) is 31.1 Å². The summed E-state index contributed by atoms with van der Waals surface area (Å²) in [5.74, 6) is 0.472. The molecule has 20 heavy (non-hydrogen) atoms. The molecule has 0 aromatic carbocycles. The van der Waals surface area contributed by atoms with Crippen LogP contribution in [0.4, 0.5) is 0 Å². The summed E-state index contributed by atoms with van der Waals surface area (Å²) in [5.41, 5.74) is 2.24. The summed E-state index contributed by atoms with van der Waals surface area (Å²) in [6.45, 7) is 5.21. The van der Waals surface area contributed by atoms with Crippen LogP contribution in [0.5, 0.6) is 0 Å². The fourth-order valence-corrected chi connectivity index (χ4v) is 2.39. The lowest BCUT2D eigenvalue weighted by Gasteiger charge is -2.34. The van der Waals surface area contributed by atoms with Gasteiger partial charge in [0.15, 0.2) is 5.69 Å². The lowest BCUT2D eigenvalue weighted by atomic mass is 10.1. The normalized spacial score (nSPS) is 19.3. The number of aromatic nitrogens is 3. The highest BCUT2D eigenvalue weighted by molar-refractivity contribution is 5.92. The standard InChI is InChI=1S/C13H16N4O3/c1-8-6-14-15-12(8)11-7-19-4-3-17(11)13(18)10-5-9(2)20-16-10/h5-6,11H,3-4,7H2,1-2H3,(H,14,15). The van der Waals surface area contributed by atoms with Gasteiger partial charge in [0, 0.05) is 12.6 Å². The SMILES string of the molecule is Cc1cc(C(=O)N2CCOCC2c2[nH]ncc2C)no1. The fourth-order valence-electron chi connectivity index (χ4n) is 2.39. The number of aryl methyl sites for hydroxylation is 2. The second kappa shape index (κ2) is 5.09. The van der Waals surface area contributed by atoms with Gasteiger partial charge in [-0.2, -0.15) is 5.10 Å². The van der Waals surface area contributed by atoms with Crippen molar-refractivity contribution >= 4 is 5.91 Å². The van der Waals surface area contributed by atoms with Gasteiger partial charge in [0.2, 0.25) is 0 Å². The van der Waals surface area contributed by atoms with Crippen molar-refractivity contribution in [1.82, 2.24) is 20.3 Å². The van der Waals surface area contributed by atoms with Crippen molar-refractivity contribution < 1.29 is 14.1 Å². The third-order valence-corrected chi connectivity index (χ3v) is 3.44. The summed E-state index contributed by atoms with van der Waals surface area (Å²) in [7, 11) is 0. The minimum absolute atomic E-state index is 0.149. The zero-order chi connectivity index (χ0) is 14.1. The van der Waals surface area contributed by atoms with Gasteiger partial charge in [0.25, 0.3) is 5.91 Å². The van der Waals surface area contributed by atoms with E-state index in [2.05, 4.69) is 15.4 Å². The molecule has 7 nitrogen and oxygen atoms in total. The Morgan fingerprint density at radius 3 is 3.00 bits per heavy atom. The molecule has 7 heteroatoms. The van der Waals surface area contributed by atoms with E-state index in [-0.39, 0.29) is 11.9 Å². The molecule has 1 fully saturated rings. The summed E-state index contributed by atoms with van der Waals surface area (Å²) in [6.07, 6.45) is 1.74. The van der Waals surface area contributed by atoms with E-state index in [1.54, 1.807) is 24.1 Å². The van der Waals surface area contributed by atoms with Gasteiger partial charge in [-0.1, -0.05) is 5.16 Å². The van der Waals surface area contributed by atoms with Gasteiger partial charge >= 0.3 is 0 Å².